The van der Waals surface area contributed by atoms with Gasteiger partial charge >= 0.3 is 5.97 Å². The van der Waals surface area contributed by atoms with Crippen LogP contribution in [-0.4, -0.2) is 47.7 Å². The molecule has 0 saturated carbocycles. The van der Waals surface area contributed by atoms with Crippen LogP contribution in [0.15, 0.2) is 0 Å². The van der Waals surface area contributed by atoms with Gasteiger partial charge in [-0.2, -0.15) is 0 Å². The largest absolute Gasteiger partial charge is 0.481 e. The van der Waals surface area contributed by atoms with Crippen LogP contribution in [0.25, 0.3) is 0 Å². The molecule has 1 fully saturated rings. The Kier molecular flexibility index (Phi) is 5.39. The van der Waals surface area contributed by atoms with Gasteiger partial charge in [-0.3, -0.25) is 4.79 Å². The number of hydrogen-bond acceptors (Lipinski definition) is 3. The van der Waals surface area contributed by atoms with Gasteiger partial charge in [0.1, 0.15) is 0 Å². The van der Waals surface area contributed by atoms with Crippen LogP contribution in [0.3, 0.4) is 0 Å². The first kappa shape index (κ1) is 16.4. The van der Waals surface area contributed by atoms with E-state index in [-0.39, 0.29) is 5.54 Å². The molecule has 1 aliphatic heterocycles. The fourth-order valence-electron chi connectivity index (χ4n) is 2.54. The van der Waals surface area contributed by atoms with Crippen molar-refractivity contribution < 1.29 is 9.90 Å². The van der Waals surface area contributed by atoms with Crippen molar-refractivity contribution in [3.8, 4) is 0 Å². The van der Waals surface area contributed by atoms with Crippen LogP contribution in [-0.2, 0) is 4.79 Å². The highest BCUT2D eigenvalue weighted by Gasteiger charge is 2.32. The average Bonchev–Trinajstić information content (AvgIpc) is 2.25. The summed E-state index contributed by atoms with van der Waals surface area (Å²) in [5.74, 6) is -0.0694. The summed E-state index contributed by atoms with van der Waals surface area (Å²) in [6.45, 7) is 13.9. The molecule has 1 aliphatic rings. The van der Waals surface area contributed by atoms with Crippen LogP contribution in [0.4, 0.5) is 0 Å². The van der Waals surface area contributed by atoms with Crippen molar-refractivity contribution in [2.75, 3.05) is 26.2 Å². The smallest absolute Gasteiger partial charge is 0.310 e. The summed E-state index contributed by atoms with van der Waals surface area (Å²) in [6, 6.07) is 0. The van der Waals surface area contributed by atoms with Crippen molar-refractivity contribution in [1.29, 1.82) is 0 Å². The Balaban J connectivity index is 2.44. The van der Waals surface area contributed by atoms with E-state index in [1.54, 1.807) is 0 Å². The standard InChI is InChI=1S/C15H30N2O2/c1-14(2,3)16-9-12-7-6-8-17(10-12)11-15(4,5)13(18)19/h12,16H,6-11H2,1-5H3,(H,18,19). The molecule has 1 rings (SSSR count). The van der Waals surface area contributed by atoms with E-state index in [0.29, 0.717) is 12.5 Å². The van der Waals surface area contributed by atoms with Crippen molar-refractivity contribution in [3.05, 3.63) is 0 Å². The number of nitrogens with zero attached hydrogens (tertiary/aromatic N) is 1. The predicted molar refractivity (Wildman–Crippen MR) is 78.3 cm³/mol. The van der Waals surface area contributed by atoms with E-state index in [1.807, 2.05) is 13.8 Å². The van der Waals surface area contributed by atoms with Gasteiger partial charge in [-0.05, 0) is 66.5 Å². The number of hydrogen-bond donors (Lipinski definition) is 2. The lowest BCUT2D eigenvalue weighted by Crippen LogP contribution is -2.47. The minimum atomic E-state index is -0.706. The zero-order valence-corrected chi connectivity index (χ0v) is 13.1. The molecule has 1 unspecified atom stereocenters. The van der Waals surface area contributed by atoms with Gasteiger partial charge in [-0.1, -0.05) is 0 Å². The minimum absolute atomic E-state index is 0.155. The van der Waals surface area contributed by atoms with Crippen LogP contribution >= 0.6 is 0 Å². The van der Waals surface area contributed by atoms with Gasteiger partial charge in [0, 0.05) is 18.6 Å². The summed E-state index contributed by atoms with van der Waals surface area (Å²) in [4.78, 5) is 13.5. The van der Waals surface area contributed by atoms with E-state index in [4.69, 9.17) is 0 Å². The minimum Gasteiger partial charge on any atom is -0.481 e. The Labute approximate surface area is 117 Å². The number of carbonyl (C=O) groups is 1. The zero-order valence-electron chi connectivity index (χ0n) is 13.1. The van der Waals surface area contributed by atoms with Crippen LogP contribution in [0, 0.1) is 11.3 Å². The Morgan fingerprint density at radius 2 is 1.95 bits per heavy atom. The molecule has 0 spiro atoms. The van der Waals surface area contributed by atoms with Crippen molar-refractivity contribution in [1.82, 2.24) is 10.2 Å². The summed E-state index contributed by atoms with van der Waals surface area (Å²) in [5.41, 5.74) is -0.498. The van der Waals surface area contributed by atoms with E-state index in [2.05, 4.69) is 31.0 Å². The highest BCUT2D eigenvalue weighted by molar-refractivity contribution is 5.73. The van der Waals surface area contributed by atoms with Gasteiger partial charge < -0.3 is 15.3 Å². The van der Waals surface area contributed by atoms with Crippen LogP contribution in [0.5, 0.6) is 0 Å². The molecule has 4 nitrogen and oxygen atoms in total. The lowest BCUT2D eigenvalue weighted by Gasteiger charge is -2.37. The molecule has 2 N–H and O–H groups in total. The summed E-state index contributed by atoms with van der Waals surface area (Å²) in [6.07, 6.45) is 2.42. The fraction of sp³-hybridized carbons (Fsp3) is 0.933. The second kappa shape index (κ2) is 6.23. The van der Waals surface area contributed by atoms with Gasteiger partial charge in [0.25, 0.3) is 0 Å². The maximum absolute atomic E-state index is 11.2. The molecule has 0 aliphatic carbocycles. The van der Waals surface area contributed by atoms with Crippen molar-refractivity contribution in [2.45, 2.75) is 53.0 Å². The molecule has 4 heteroatoms. The van der Waals surface area contributed by atoms with E-state index in [9.17, 15) is 9.90 Å². The third kappa shape index (κ3) is 5.91. The van der Waals surface area contributed by atoms with E-state index >= 15 is 0 Å². The van der Waals surface area contributed by atoms with Crippen molar-refractivity contribution in [2.24, 2.45) is 11.3 Å². The highest BCUT2D eigenvalue weighted by atomic mass is 16.4. The highest BCUT2D eigenvalue weighted by Crippen LogP contribution is 2.22. The molecular weight excluding hydrogens is 240 g/mol. The first-order chi connectivity index (χ1) is 8.60. The van der Waals surface area contributed by atoms with Crippen LogP contribution < -0.4 is 5.32 Å². The Hall–Kier alpha value is -0.610. The second-order valence-corrected chi connectivity index (χ2v) is 7.56. The predicted octanol–water partition coefficient (Wildman–Crippen LogP) is 2.20. The van der Waals surface area contributed by atoms with Gasteiger partial charge in [0.2, 0.25) is 0 Å². The summed E-state index contributed by atoms with van der Waals surface area (Å²) >= 11 is 0. The van der Waals surface area contributed by atoms with Crippen molar-refractivity contribution >= 4 is 5.97 Å². The normalized spacial score (nSPS) is 22.5. The first-order valence-electron chi connectivity index (χ1n) is 7.31. The number of aliphatic carboxylic acids is 1. The number of likely N-dealkylation sites (tertiary alicyclic amines) is 1. The molecule has 0 amide bonds. The molecule has 112 valence electrons. The molecule has 0 bridgehead atoms. The van der Waals surface area contributed by atoms with Crippen LogP contribution in [0.1, 0.15) is 47.5 Å². The molecule has 0 aromatic rings. The topological polar surface area (TPSA) is 52.6 Å². The Morgan fingerprint density at radius 1 is 1.32 bits per heavy atom. The van der Waals surface area contributed by atoms with E-state index in [0.717, 1.165) is 19.6 Å². The summed E-state index contributed by atoms with van der Waals surface area (Å²) in [5, 5.41) is 12.8. The average molecular weight is 270 g/mol. The van der Waals surface area contributed by atoms with Gasteiger partial charge in [-0.15, -0.1) is 0 Å². The van der Waals surface area contributed by atoms with Gasteiger partial charge in [0.05, 0.1) is 5.41 Å². The Bertz CT molecular complexity index is 308. The summed E-state index contributed by atoms with van der Waals surface area (Å²) < 4.78 is 0. The number of piperidine rings is 1. The molecule has 1 atom stereocenters. The van der Waals surface area contributed by atoms with E-state index < -0.39 is 11.4 Å². The quantitative estimate of drug-likeness (QED) is 0.804. The van der Waals surface area contributed by atoms with Gasteiger partial charge in [-0.25, -0.2) is 0 Å². The third-order valence-electron chi connectivity index (χ3n) is 3.72. The van der Waals surface area contributed by atoms with Gasteiger partial charge in [0.15, 0.2) is 0 Å². The molecule has 0 aromatic heterocycles. The third-order valence-corrected chi connectivity index (χ3v) is 3.72. The number of nitrogens with one attached hydrogen (secondary N) is 1. The zero-order chi connectivity index (χ0) is 14.7. The first-order valence-corrected chi connectivity index (χ1v) is 7.31. The fourth-order valence-corrected chi connectivity index (χ4v) is 2.54. The molecular formula is C15H30N2O2. The molecule has 1 heterocycles. The molecule has 19 heavy (non-hydrogen) atoms. The number of rotatable bonds is 5. The maximum atomic E-state index is 11.2. The monoisotopic (exact) mass is 270 g/mol. The molecule has 1 saturated heterocycles. The second-order valence-electron chi connectivity index (χ2n) is 7.56. The van der Waals surface area contributed by atoms with Crippen LogP contribution in [0.2, 0.25) is 0 Å². The lowest BCUT2D eigenvalue weighted by atomic mass is 9.90. The van der Waals surface area contributed by atoms with E-state index in [1.165, 1.54) is 12.8 Å². The molecule has 0 radical (unpaired) electrons. The Morgan fingerprint density at radius 3 is 2.47 bits per heavy atom. The lowest BCUT2D eigenvalue weighted by molar-refractivity contribution is -0.148. The summed E-state index contributed by atoms with van der Waals surface area (Å²) in [7, 11) is 0. The number of carboxylic acid groups (broad SMARTS) is 1. The maximum Gasteiger partial charge on any atom is 0.310 e. The van der Waals surface area contributed by atoms with Crippen molar-refractivity contribution in [3.63, 3.8) is 0 Å². The SMILES string of the molecule is CC(C)(C)NCC1CCCN(CC(C)(C)C(=O)O)C1. The number of carboxylic acids is 1. The molecule has 0 aromatic carbocycles.